The molecule has 0 radical (unpaired) electrons. The predicted octanol–water partition coefficient (Wildman–Crippen LogP) is 1.07. The molecule has 0 aromatic heterocycles. The highest BCUT2D eigenvalue weighted by atomic mass is 16.5. The van der Waals surface area contributed by atoms with Gasteiger partial charge in [0, 0.05) is 12.6 Å². The molecule has 2 amide bonds. The lowest BCUT2D eigenvalue weighted by Crippen LogP contribution is -2.40. The maximum Gasteiger partial charge on any atom is 0.247 e. The third kappa shape index (κ3) is 4.01. The van der Waals surface area contributed by atoms with Gasteiger partial charge in [-0.05, 0) is 46.1 Å². The van der Waals surface area contributed by atoms with E-state index in [0.717, 1.165) is 38.8 Å². The van der Waals surface area contributed by atoms with Crippen LogP contribution in [-0.2, 0) is 14.3 Å². The smallest absolute Gasteiger partial charge is 0.247 e. The van der Waals surface area contributed by atoms with Crippen LogP contribution < -0.4 is 5.32 Å². The summed E-state index contributed by atoms with van der Waals surface area (Å²) >= 11 is 0. The summed E-state index contributed by atoms with van der Waals surface area (Å²) in [6.45, 7) is 5.57. The van der Waals surface area contributed by atoms with E-state index >= 15 is 0 Å². The second kappa shape index (κ2) is 6.48. The molecule has 1 unspecified atom stereocenters. The molecule has 108 valence electrons. The number of rotatable bonds is 8. The molecule has 1 aliphatic carbocycles. The number of hydrogen-bond donors (Lipinski definition) is 1. The summed E-state index contributed by atoms with van der Waals surface area (Å²) in [5, 5.41) is 3.19. The third-order valence-electron chi connectivity index (χ3n) is 3.51. The van der Waals surface area contributed by atoms with E-state index in [4.69, 9.17) is 4.74 Å². The predicted molar refractivity (Wildman–Crippen MR) is 71.6 cm³/mol. The monoisotopic (exact) mass is 268 g/mol. The van der Waals surface area contributed by atoms with Crippen molar-refractivity contribution in [2.75, 3.05) is 13.2 Å². The fraction of sp³-hybridized carbons (Fsp3) is 0.857. The highest BCUT2D eigenvalue weighted by molar-refractivity contribution is 6.06. The first-order valence-electron chi connectivity index (χ1n) is 7.30. The molecule has 1 N–H and O–H groups in total. The highest BCUT2D eigenvalue weighted by Crippen LogP contribution is 2.31. The largest absolute Gasteiger partial charge is 0.379 e. The minimum atomic E-state index is -0.292. The van der Waals surface area contributed by atoms with E-state index in [1.165, 1.54) is 4.90 Å². The van der Waals surface area contributed by atoms with Crippen LogP contribution in [0, 0.1) is 0 Å². The Kier molecular flexibility index (Phi) is 4.93. The van der Waals surface area contributed by atoms with Gasteiger partial charge >= 0.3 is 0 Å². The quantitative estimate of drug-likeness (QED) is 0.528. The Balaban J connectivity index is 1.61. The van der Waals surface area contributed by atoms with Gasteiger partial charge in [-0.15, -0.1) is 0 Å². The van der Waals surface area contributed by atoms with E-state index in [1.807, 2.05) is 13.8 Å². The van der Waals surface area contributed by atoms with Crippen LogP contribution in [-0.4, -0.2) is 48.1 Å². The molecule has 1 heterocycles. The van der Waals surface area contributed by atoms with Crippen molar-refractivity contribution in [3.05, 3.63) is 0 Å². The van der Waals surface area contributed by atoms with Crippen molar-refractivity contribution >= 4 is 11.8 Å². The summed E-state index contributed by atoms with van der Waals surface area (Å²) in [4.78, 5) is 25.2. The molecule has 5 nitrogen and oxygen atoms in total. The Morgan fingerprint density at radius 1 is 1.32 bits per heavy atom. The Labute approximate surface area is 114 Å². The van der Waals surface area contributed by atoms with Crippen LogP contribution in [0.15, 0.2) is 0 Å². The minimum absolute atomic E-state index is 0.00635. The highest BCUT2D eigenvalue weighted by Gasteiger charge is 2.45. The zero-order valence-electron chi connectivity index (χ0n) is 11.9. The summed E-state index contributed by atoms with van der Waals surface area (Å²) in [5.41, 5.74) is 0. The van der Waals surface area contributed by atoms with E-state index in [9.17, 15) is 9.59 Å². The Hall–Kier alpha value is -0.940. The van der Waals surface area contributed by atoms with Gasteiger partial charge in [-0.1, -0.05) is 0 Å². The van der Waals surface area contributed by atoms with Crippen LogP contribution in [0.3, 0.4) is 0 Å². The fourth-order valence-electron chi connectivity index (χ4n) is 2.35. The Bertz CT molecular complexity index is 340. The lowest BCUT2D eigenvalue weighted by molar-refractivity contribution is -0.139. The van der Waals surface area contributed by atoms with E-state index in [-0.39, 0.29) is 30.0 Å². The molecule has 2 fully saturated rings. The number of hydrogen-bond acceptors (Lipinski definition) is 4. The molecule has 1 atom stereocenters. The van der Waals surface area contributed by atoms with Gasteiger partial charge in [0.1, 0.15) is 0 Å². The van der Waals surface area contributed by atoms with Gasteiger partial charge in [-0.2, -0.15) is 0 Å². The normalized spacial score (nSPS) is 23.7. The van der Waals surface area contributed by atoms with E-state index in [1.54, 1.807) is 0 Å². The zero-order valence-corrected chi connectivity index (χ0v) is 11.9. The van der Waals surface area contributed by atoms with Gasteiger partial charge in [0.2, 0.25) is 11.8 Å². The molecule has 0 bridgehead atoms. The van der Waals surface area contributed by atoms with Crippen molar-refractivity contribution in [1.29, 1.82) is 0 Å². The van der Waals surface area contributed by atoms with Crippen molar-refractivity contribution in [3.8, 4) is 0 Å². The first kappa shape index (κ1) is 14.5. The van der Waals surface area contributed by atoms with E-state index in [0.29, 0.717) is 6.42 Å². The topological polar surface area (TPSA) is 58.6 Å². The van der Waals surface area contributed by atoms with Crippen LogP contribution >= 0.6 is 0 Å². The third-order valence-corrected chi connectivity index (χ3v) is 3.51. The van der Waals surface area contributed by atoms with Gasteiger partial charge in [0.15, 0.2) is 0 Å². The van der Waals surface area contributed by atoms with Crippen LogP contribution in [0.25, 0.3) is 0 Å². The molecule has 5 heteroatoms. The first-order chi connectivity index (χ1) is 9.09. The molecular formula is C14H24N2O3. The van der Waals surface area contributed by atoms with Crippen LogP contribution in [0.2, 0.25) is 0 Å². The lowest BCUT2D eigenvalue weighted by atomic mass is 10.2. The maximum absolute atomic E-state index is 12.0. The second-order valence-electron chi connectivity index (χ2n) is 5.67. The molecule has 19 heavy (non-hydrogen) atoms. The number of carbonyl (C=O) groups excluding carboxylic acids is 2. The molecule has 1 saturated heterocycles. The van der Waals surface area contributed by atoms with Crippen molar-refractivity contribution in [2.45, 2.75) is 64.1 Å². The number of nitrogens with one attached hydrogen (secondary N) is 1. The number of ether oxygens (including phenoxy) is 1. The average molecular weight is 268 g/mol. The summed E-state index contributed by atoms with van der Waals surface area (Å²) < 4.78 is 5.45. The van der Waals surface area contributed by atoms with Crippen molar-refractivity contribution in [1.82, 2.24) is 10.2 Å². The van der Waals surface area contributed by atoms with Gasteiger partial charge in [0.25, 0.3) is 0 Å². The van der Waals surface area contributed by atoms with Crippen LogP contribution in [0.1, 0.15) is 46.0 Å². The first-order valence-corrected chi connectivity index (χ1v) is 7.30. The molecule has 2 aliphatic rings. The van der Waals surface area contributed by atoms with Gasteiger partial charge in [-0.3, -0.25) is 14.5 Å². The number of nitrogens with zero attached hydrogens (tertiary/aromatic N) is 1. The molecule has 0 spiro atoms. The average Bonchev–Trinajstić information content (AvgIpc) is 3.12. The number of carbonyl (C=O) groups is 2. The number of likely N-dealkylation sites (tertiary alicyclic amines) is 1. The maximum atomic E-state index is 12.0. The summed E-state index contributed by atoms with van der Waals surface area (Å²) in [7, 11) is 0. The number of amides is 2. The standard InChI is InChI=1S/C14H24N2O3/c1-10(2)19-8-4-3-7-15-12-9-13(17)16(14(12)18)11-5-6-11/h10-12,15H,3-9H2,1-2H3. The fourth-order valence-corrected chi connectivity index (χ4v) is 2.35. The van der Waals surface area contributed by atoms with Gasteiger partial charge < -0.3 is 10.1 Å². The van der Waals surface area contributed by atoms with E-state index < -0.39 is 0 Å². The molecule has 1 aliphatic heterocycles. The van der Waals surface area contributed by atoms with Crippen molar-refractivity contribution in [2.24, 2.45) is 0 Å². The zero-order chi connectivity index (χ0) is 13.8. The van der Waals surface area contributed by atoms with Crippen molar-refractivity contribution < 1.29 is 14.3 Å². The Morgan fingerprint density at radius 2 is 2.05 bits per heavy atom. The summed E-state index contributed by atoms with van der Waals surface area (Å²) in [5.74, 6) is -0.0286. The Morgan fingerprint density at radius 3 is 2.68 bits per heavy atom. The second-order valence-corrected chi connectivity index (χ2v) is 5.67. The molecule has 0 aromatic carbocycles. The molecular weight excluding hydrogens is 244 g/mol. The van der Waals surface area contributed by atoms with Crippen molar-refractivity contribution in [3.63, 3.8) is 0 Å². The summed E-state index contributed by atoms with van der Waals surface area (Å²) in [6.07, 6.45) is 4.51. The van der Waals surface area contributed by atoms with Crippen LogP contribution in [0.4, 0.5) is 0 Å². The molecule has 1 saturated carbocycles. The summed E-state index contributed by atoms with van der Waals surface area (Å²) in [6, 6.07) is -0.0923. The van der Waals surface area contributed by atoms with E-state index in [2.05, 4.69) is 5.32 Å². The molecule has 0 aromatic rings. The van der Waals surface area contributed by atoms with Crippen LogP contribution in [0.5, 0.6) is 0 Å². The number of unbranched alkanes of at least 4 members (excludes halogenated alkanes) is 1. The lowest BCUT2D eigenvalue weighted by Gasteiger charge is -2.14. The van der Waals surface area contributed by atoms with Gasteiger partial charge in [-0.25, -0.2) is 0 Å². The van der Waals surface area contributed by atoms with Gasteiger partial charge in [0.05, 0.1) is 18.6 Å². The number of imide groups is 1. The minimum Gasteiger partial charge on any atom is -0.379 e. The molecule has 2 rings (SSSR count). The SMILES string of the molecule is CC(C)OCCCCNC1CC(=O)N(C2CC2)C1=O.